The number of hydrogen-bond acceptors (Lipinski definition) is 10. The van der Waals surface area contributed by atoms with Gasteiger partial charge in [-0.15, -0.1) is 0 Å². The van der Waals surface area contributed by atoms with E-state index in [0.717, 1.165) is 11.1 Å². The zero-order chi connectivity index (χ0) is 45.0. The molecule has 11 nitrogen and oxygen atoms in total. The number of hydrogen-bond donors (Lipinski definition) is 7. The highest BCUT2D eigenvalue weighted by Gasteiger charge is 2.36. The van der Waals surface area contributed by atoms with Crippen LogP contribution in [-0.4, -0.2) is 104 Å². The van der Waals surface area contributed by atoms with Crippen LogP contribution in [0.15, 0.2) is 108 Å². The quantitative estimate of drug-likeness (QED) is 0.0493. The topological polar surface area (TPSA) is 194 Å². The second kappa shape index (κ2) is 31.2. The molecule has 7 N–H and O–H groups in total. The number of carboxylic acids is 1. The standard InChI is InChI=1S/C49H76O11/c1-34(22-17-13-11-9-8-10-12-14-20-25-41(51)30-35(2)28-29-46(55)56)31-43(53)37(4)45-32-42(52)27-21-26-40(50)24-19-16-15-18-23-36(3)48(58)39(6)49(59-7)38(5)44(54)33-47(57)60-45/h8-20,22,30-31,36-45,48-54,58H,21,23-29,32-33H2,1-7H3,(H,55,56)/b9-8+,12-10+,13-11+,18-15+,19-16-,20-14+,22-17+,34-31+,35-30+. The van der Waals surface area contributed by atoms with E-state index in [1.807, 2.05) is 106 Å². The van der Waals surface area contributed by atoms with Gasteiger partial charge in [-0.05, 0) is 64.7 Å². The molecule has 1 heterocycles. The van der Waals surface area contributed by atoms with Crippen molar-refractivity contribution < 1.29 is 54.8 Å². The van der Waals surface area contributed by atoms with Crippen molar-refractivity contribution in [2.45, 2.75) is 155 Å². The monoisotopic (exact) mass is 841 g/mol. The summed E-state index contributed by atoms with van der Waals surface area (Å²) in [7, 11) is 1.52. The molecule has 0 bridgehead atoms. The minimum Gasteiger partial charge on any atom is -0.481 e. The van der Waals surface area contributed by atoms with Crippen LogP contribution >= 0.6 is 0 Å². The molecule has 11 heteroatoms. The highest BCUT2D eigenvalue weighted by atomic mass is 16.5. The molecule has 0 aliphatic carbocycles. The first-order chi connectivity index (χ1) is 28.5. The van der Waals surface area contributed by atoms with Crippen LogP contribution in [0.4, 0.5) is 0 Å². The van der Waals surface area contributed by atoms with Crippen molar-refractivity contribution >= 4 is 11.9 Å². The van der Waals surface area contributed by atoms with Crippen molar-refractivity contribution in [1.82, 2.24) is 0 Å². The predicted octanol–water partition coefficient (Wildman–Crippen LogP) is 7.41. The van der Waals surface area contributed by atoms with Gasteiger partial charge in [0.05, 0.1) is 49.1 Å². The molecule has 1 aliphatic heterocycles. The van der Waals surface area contributed by atoms with Crippen molar-refractivity contribution in [3.05, 3.63) is 108 Å². The second-order valence-corrected chi connectivity index (χ2v) is 16.4. The Bertz CT molecular complexity index is 1500. The lowest BCUT2D eigenvalue weighted by atomic mass is 9.80. The number of aliphatic carboxylic acids is 1. The first kappa shape index (κ1) is 54.3. The highest BCUT2D eigenvalue weighted by Crippen LogP contribution is 2.29. The Kier molecular flexibility index (Phi) is 28.3. The number of carbonyl (C=O) groups excluding carboxylic acids is 1. The highest BCUT2D eigenvalue weighted by molar-refractivity contribution is 5.70. The van der Waals surface area contributed by atoms with Crippen LogP contribution in [0.2, 0.25) is 0 Å². The number of esters is 1. The van der Waals surface area contributed by atoms with Crippen LogP contribution in [0.3, 0.4) is 0 Å². The van der Waals surface area contributed by atoms with Gasteiger partial charge in [-0.2, -0.15) is 0 Å². The summed E-state index contributed by atoms with van der Waals surface area (Å²) in [5, 5.41) is 73.9. The summed E-state index contributed by atoms with van der Waals surface area (Å²) < 4.78 is 11.6. The van der Waals surface area contributed by atoms with E-state index in [2.05, 4.69) is 0 Å². The van der Waals surface area contributed by atoms with Crippen LogP contribution < -0.4 is 0 Å². The molecular weight excluding hydrogens is 765 g/mol. The van der Waals surface area contributed by atoms with E-state index >= 15 is 0 Å². The van der Waals surface area contributed by atoms with E-state index in [4.69, 9.17) is 14.6 Å². The van der Waals surface area contributed by atoms with Gasteiger partial charge >= 0.3 is 11.9 Å². The SMILES string of the molecule is COC1C(C)C(O)CC(=O)OC(C(C)C(O)/C=C(C)/C=C/C=C/C=C/C=C/C=C/CC(O)/C=C(\C)CCC(=O)O)CC(O)CCCC(O)C/C=C\C=C\CC(C)C(O)C1C. The van der Waals surface area contributed by atoms with Gasteiger partial charge in [0.2, 0.25) is 0 Å². The van der Waals surface area contributed by atoms with Crippen LogP contribution in [0.25, 0.3) is 0 Å². The molecule has 338 valence electrons. The van der Waals surface area contributed by atoms with Crippen LogP contribution in [0, 0.1) is 23.7 Å². The zero-order valence-electron chi connectivity index (χ0n) is 37.0. The first-order valence-corrected chi connectivity index (χ1v) is 21.5. The molecular formula is C49H76O11. The number of allylic oxidation sites excluding steroid dienone is 14. The number of aliphatic hydroxyl groups is 6. The molecule has 0 saturated carbocycles. The van der Waals surface area contributed by atoms with Gasteiger partial charge in [0, 0.05) is 37.7 Å². The third kappa shape index (κ3) is 23.9. The van der Waals surface area contributed by atoms with Crippen LogP contribution in [0.5, 0.6) is 0 Å². The van der Waals surface area contributed by atoms with Gasteiger partial charge in [0.1, 0.15) is 6.10 Å². The number of aliphatic hydroxyl groups excluding tert-OH is 6. The Morgan fingerprint density at radius 3 is 2.08 bits per heavy atom. The lowest BCUT2D eigenvalue weighted by Crippen LogP contribution is -2.43. The maximum Gasteiger partial charge on any atom is 0.308 e. The van der Waals surface area contributed by atoms with Gasteiger partial charge in [0.25, 0.3) is 0 Å². The molecule has 12 atom stereocenters. The average Bonchev–Trinajstić information content (AvgIpc) is 3.19. The molecule has 60 heavy (non-hydrogen) atoms. The summed E-state index contributed by atoms with van der Waals surface area (Å²) in [4.78, 5) is 24.0. The number of ether oxygens (including phenoxy) is 2. The minimum absolute atomic E-state index is 0.0422. The van der Waals surface area contributed by atoms with Crippen molar-refractivity contribution in [1.29, 1.82) is 0 Å². The fourth-order valence-corrected chi connectivity index (χ4v) is 7.07. The van der Waals surface area contributed by atoms with Crippen molar-refractivity contribution in [2.75, 3.05) is 7.11 Å². The maximum atomic E-state index is 13.3. The van der Waals surface area contributed by atoms with Gasteiger partial charge in [-0.1, -0.05) is 136 Å². The van der Waals surface area contributed by atoms with E-state index in [-0.39, 0.29) is 31.1 Å². The molecule has 12 unspecified atom stereocenters. The van der Waals surface area contributed by atoms with E-state index in [1.54, 1.807) is 32.9 Å². The second-order valence-electron chi connectivity index (χ2n) is 16.4. The average molecular weight is 841 g/mol. The third-order valence-corrected chi connectivity index (χ3v) is 11.0. The molecule has 0 spiro atoms. The van der Waals surface area contributed by atoms with Crippen molar-refractivity contribution in [3.8, 4) is 0 Å². The van der Waals surface area contributed by atoms with Crippen LogP contribution in [0.1, 0.15) is 106 Å². The molecule has 0 aromatic heterocycles. The summed E-state index contributed by atoms with van der Waals surface area (Å²) in [5.74, 6) is -3.10. The molecule has 0 radical (unpaired) electrons. The largest absolute Gasteiger partial charge is 0.481 e. The van der Waals surface area contributed by atoms with Gasteiger partial charge in [-0.3, -0.25) is 9.59 Å². The first-order valence-electron chi connectivity index (χ1n) is 21.5. The third-order valence-electron chi connectivity index (χ3n) is 11.0. The lowest BCUT2D eigenvalue weighted by molar-refractivity contribution is -0.159. The Labute approximate surface area is 359 Å². The normalized spacial score (nSPS) is 30.9. The van der Waals surface area contributed by atoms with E-state index in [1.165, 1.54) is 7.11 Å². The zero-order valence-corrected chi connectivity index (χ0v) is 37.0. The number of methoxy groups -OCH3 is 1. The molecule has 0 amide bonds. The molecule has 0 fully saturated rings. The maximum absolute atomic E-state index is 13.3. The smallest absolute Gasteiger partial charge is 0.308 e. The van der Waals surface area contributed by atoms with Gasteiger partial charge in [-0.25, -0.2) is 0 Å². The summed E-state index contributed by atoms with van der Waals surface area (Å²) >= 11 is 0. The van der Waals surface area contributed by atoms with Gasteiger partial charge < -0.3 is 45.2 Å². The van der Waals surface area contributed by atoms with E-state index in [0.29, 0.717) is 44.9 Å². The molecule has 1 rings (SSSR count). The summed E-state index contributed by atoms with van der Waals surface area (Å²) in [6.07, 6.45) is 26.1. The fourth-order valence-electron chi connectivity index (χ4n) is 7.07. The molecule has 0 aromatic rings. The Balaban J connectivity index is 2.98. The number of rotatable bonds is 15. The molecule has 0 aromatic carbocycles. The Morgan fingerprint density at radius 2 is 1.45 bits per heavy atom. The van der Waals surface area contributed by atoms with E-state index in [9.17, 15) is 40.2 Å². The summed E-state index contributed by atoms with van der Waals surface area (Å²) in [6, 6.07) is 0. The van der Waals surface area contributed by atoms with Crippen LogP contribution in [-0.2, 0) is 19.1 Å². The molecule has 0 saturated heterocycles. The number of carboxylic acid groups (broad SMARTS) is 1. The minimum atomic E-state index is -1.13. The number of carbonyl (C=O) groups is 2. The van der Waals surface area contributed by atoms with Crippen molar-refractivity contribution in [2.24, 2.45) is 23.7 Å². The predicted molar refractivity (Wildman–Crippen MR) is 239 cm³/mol. The number of cyclic esters (lactones) is 1. The fraction of sp³-hybridized carbons (Fsp3) is 0.592. The van der Waals surface area contributed by atoms with E-state index < -0.39 is 72.6 Å². The Hall–Kier alpha value is -3.68. The Morgan fingerprint density at radius 1 is 0.850 bits per heavy atom. The lowest BCUT2D eigenvalue weighted by Gasteiger charge is -2.35. The summed E-state index contributed by atoms with van der Waals surface area (Å²) in [5.41, 5.74) is 1.61. The van der Waals surface area contributed by atoms with Gasteiger partial charge in [0.15, 0.2) is 0 Å². The summed E-state index contributed by atoms with van der Waals surface area (Å²) in [6.45, 7) is 11.0. The molecule has 1 aliphatic rings. The van der Waals surface area contributed by atoms with Crippen molar-refractivity contribution in [3.63, 3.8) is 0 Å².